The van der Waals surface area contributed by atoms with E-state index in [-0.39, 0.29) is 19.4 Å². The molecule has 1 heterocycles. The highest BCUT2D eigenvalue weighted by Gasteiger charge is 2.34. The molecule has 9 heteroatoms. The number of anilines is 1. The Balaban J connectivity index is 2.23. The first-order valence-electron chi connectivity index (χ1n) is 13.0. The zero-order chi connectivity index (χ0) is 29.8. The highest BCUT2D eigenvalue weighted by atomic mass is 32.1. The number of nitrogens with two attached hydrogens (primary N) is 1. The lowest BCUT2D eigenvalue weighted by atomic mass is 9.91. The molecule has 0 fully saturated rings. The van der Waals surface area contributed by atoms with Gasteiger partial charge < -0.3 is 10.6 Å². The van der Waals surface area contributed by atoms with Crippen molar-refractivity contribution in [1.29, 1.82) is 0 Å². The number of halogens is 5. The van der Waals surface area contributed by atoms with Gasteiger partial charge in [0, 0.05) is 35.1 Å². The summed E-state index contributed by atoms with van der Waals surface area (Å²) in [5.74, 6) is 4.74. The van der Waals surface area contributed by atoms with Gasteiger partial charge in [-0.15, -0.1) is 0 Å². The highest BCUT2D eigenvalue weighted by molar-refractivity contribution is 7.82. The molecule has 3 nitrogen and oxygen atoms in total. The summed E-state index contributed by atoms with van der Waals surface area (Å²) in [4.78, 5) is 6.11. The monoisotopic (exact) mass is 575 g/mol. The van der Waals surface area contributed by atoms with Gasteiger partial charge in [-0.2, -0.15) is 25.8 Å². The molecule has 0 amide bonds. The number of rotatable bonds is 7. The number of nitrogens with zero attached hydrogens (tertiary/aromatic N) is 2. The number of benzene rings is 2. The van der Waals surface area contributed by atoms with Crippen molar-refractivity contribution in [1.82, 2.24) is 0 Å². The Morgan fingerprint density at radius 1 is 1.12 bits per heavy atom. The fourth-order valence-electron chi connectivity index (χ4n) is 4.53. The van der Waals surface area contributed by atoms with E-state index >= 15 is 0 Å². The van der Waals surface area contributed by atoms with Crippen LogP contribution in [0.3, 0.4) is 0 Å². The Hall–Kier alpha value is -3.25. The summed E-state index contributed by atoms with van der Waals surface area (Å²) < 4.78 is 67.9. The van der Waals surface area contributed by atoms with E-state index in [1.54, 1.807) is 26.0 Å². The molecule has 1 aliphatic rings. The summed E-state index contributed by atoms with van der Waals surface area (Å²) in [5, 5.41) is 0. The van der Waals surface area contributed by atoms with Crippen molar-refractivity contribution in [3.63, 3.8) is 0 Å². The minimum atomic E-state index is -4.43. The fourth-order valence-corrected chi connectivity index (χ4v) is 4.59. The largest absolute Gasteiger partial charge is 0.405 e. The molecule has 40 heavy (non-hydrogen) atoms. The lowest BCUT2D eigenvalue weighted by molar-refractivity contribution is -0.119. The average Bonchev–Trinajstić information content (AvgIpc) is 2.83. The summed E-state index contributed by atoms with van der Waals surface area (Å²) in [7, 11) is 0. The van der Waals surface area contributed by atoms with Gasteiger partial charge in [0.2, 0.25) is 0 Å². The van der Waals surface area contributed by atoms with Crippen molar-refractivity contribution in [2.45, 2.75) is 64.8 Å². The zero-order valence-electron chi connectivity index (χ0n) is 23.3. The summed E-state index contributed by atoms with van der Waals surface area (Å²) in [6, 6.07) is 6.92. The van der Waals surface area contributed by atoms with Crippen LogP contribution in [-0.4, -0.2) is 29.7 Å². The molecule has 0 bridgehead atoms. The number of aryl methyl sites for hydroxylation is 2. The summed E-state index contributed by atoms with van der Waals surface area (Å²) >= 11 is 4.45. The van der Waals surface area contributed by atoms with Crippen LogP contribution in [0, 0.1) is 30.4 Å². The first kappa shape index (κ1) is 31.3. The smallest absolute Gasteiger partial charge is 0.398 e. The van der Waals surface area contributed by atoms with Gasteiger partial charge in [-0.25, -0.2) is 13.8 Å². The molecule has 2 aromatic carbocycles. The molecule has 0 saturated heterocycles. The van der Waals surface area contributed by atoms with Crippen LogP contribution in [0.15, 0.2) is 47.1 Å². The van der Waals surface area contributed by atoms with Crippen LogP contribution in [0.5, 0.6) is 0 Å². The number of hydrogen-bond acceptors (Lipinski definition) is 4. The Labute approximate surface area is 238 Å². The van der Waals surface area contributed by atoms with E-state index < -0.39 is 29.1 Å². The average molecular weight is 576 g/mol. The van der Waals surface area contributed by atoms with Crippen LogP contribution < -0.4 is 10.6 Å². The maximum atomic E-state index is 13.9. The van der Waals surface area contributed by atoms with E-state index in [4.69, 9.17) is 10.7 Å². The van der Waals surface area contributed by atoms with E-state index in [0.717, 1.165) is 11.6 Å². The van der Waals surface area contributed by atoms with Crippen LogP contribution in [0.25, 0.3) is 11.3 Å². The van der Waals surface area contributed by atoms with Gasteiger partial charge in [0.05, 0.1) is 16.1 Å². The third-order valence-corrected chi connectivity index (χ3v) is 6.53. The number of aliphatic imine (C=N–C) groups is 1. The normalized spacial score (nSPS) is 14.7. The SMILES string of the molecule is CC/C(C#CC(C)(C)S)=N\C(CCc1cc(F)cc(F)c1)=C(/C)c1ccc(C)c2c1N(CC(F)(F)F)CC=C2N. The number of hydrogen-bond donors (Lipinski definition) is 2. The maximum absolute atomic E-state index is 13.9. The van der Waals surface area contributed by atoms with E-state index in [9.17, 15) is 22.0 Å². The second-order valence-corrected chi connectivity index (χ2v) is 11.5. The minimum Gasteiger partial charge on any atom is -0.398 e. The molecule has 3 rings (SSSR count). The molecule has 0 aromatic heterocycles. The molecule has 2 N–H and O–H groups in total. The molecule has 0 atom stereocenters. The molecule has 0 saturated carbocycles. The van der Waals surface area contributed by atoms with Gasteiger partial charge in [0.15, 0.2) is 0 Å². The van der Waals surface area contributed by atoms with Crippen molar-refractivity contribution in [3.8, 4) is 11.8 Å². The van der Waals surface area contributed by atoms with Gasteiger partial charge in [-0.1, -0.05) is 25.0 Å². The molecule has 0 unspecified atom stereocenters. The summed E-state index contributed by atoms with van der Waals surface area (Å²) in [6.07, 6.45) is -1.80. The van der Waals surface area contributed by atoms with Crippen LogP contribution in [0.4, 0.5) is 27.6 Å². The summed E-state index contributed by atoms with van der Waals surface area (Å²) in [5.41, 5.74) is 11.1. The van der Waals surface area contributed by atoms with Crippen molar-refractivity contribution in [3.05, 3.63) is 76.0 Å². The van der Waals surface area contributed by atoms with Gasteiger partial charge in [-0.3, -0.25) is 0 Å². The van der Waals surface area contributed by atoms with Crippen molar-refractivity contribution >= 4 is 35.3 Å². The standard InChI is InChI=1S/C31H34F5N3S/c1-6-24(11-13-30(4,5)40)38-27(10-8-21-15-22(32)17-23(33)16-21)20(3)25-9-7-19(2)28-26(37)12-14-39(29(25)28)18-31(34,35)36/h7,9,12,15-17,40H,6,8,10,14,18,37H2,1-5H3/b27-20+,38-24+. The first-order valence-corrected chi connectivity index (χ1v) is 13.4. The van der Waals surface area contributed by atoms with Gasteiger partial charge in [0.25, 0.3) is 0 Å². The van der Waals surface area contributed by atoms with E-state index in [2.05, 4.69) is 24.5 Å². The molecule has 0 spiro atoms. The predicted molar refractivity (Wildman–Crippen MR) is 157 cm³/mol. The molecule has 0 radical (unpaired) electrons. The molecule has 0 aliphatic carbocycles. The Bertz CT molecular complexity index is 1400. The fraction of sp³-hybridized carbons (Fsp3) is 0.387. The zero-order valence-corrected chi connectivity index (χ0v) is 24.2. The maximum Gasteiger partial charge on any atom is 0.405 e. The van der Waals surface area contributed by atoms with Gasteiger partial charge in [0.1, 0.15) is 18.2 Å². The van der Waals surface area contributed by atoms with Crippen molar-refractivity contribution < 1.29 is 22.0 Å². The second kappa shape index (κ2) is 12.5. The topological polar surface area (TPSA) is 41.6 Å². The quantitative estimate of drug-likeness (QED) is 0.153. The van der Waals surface area contributed by atoms with Crippen molar-refractivity contribution in [2.24, 2.45) is 10.7 Å². The van der Waals surface area contributed by atoms with Gasteiger partial charge in [-0.05, 0) is 87.8 Å². The molecule has 214 valence electrons. The van der Waals surface area contributed by atoms with E-state index in [1.807, 2.05) is 26.8 Å². The predicted octanol–water partition coefficient (Wildman–Crippen LogP) is 7.88. The Morgan fingerprint density at radius 2 is 1.77 bits per heavy atom. The third-order valence-electron chi connectivity index (χ3n) is 6.42. The van der Waals surface area contributed by atoms with E-state index in [0.29, 0.717) is 51.5 Å². The number of fused-ring (bicyclic) bond motifs is 1. The number of allylic oxidation sites excluding steroid dienone is 2. The van der Waals surface area contributed by atoms with Crippen LogP contribution in [0.2, 0.25) is 0 Å². The van der Waals surface area contributed by atoms with Crippen LogP contribution >= 0.6 is 12.6 Å². The lowest BCUT2D eigenvalue weighted by Gasteiger charge is -2.34. The van der Waals surface area contributed by atoms with Crippen LogP contribution in [0.1, 0.15) is 62.8 Å². The molecular formula is C31H34F5N3S. The van der Waals surface area contributed by atoms with Crippen molar-refractivity contribution in [2.75, 3.05) is 18.0 Å². The molecule has 2 aromatic rings. The van der Waals surface area contributed by atoms with E-state index in [1.165, 1.54) is 17.0 Å². The molecule has 1 aliphatic heterocycles. The first-order chi connectivity index (χ1) is 18.6. The highest BCUT2D eigenvalue weighted by Crippen LogP contribution is 2.41. The Kier molecular flexibility index (Phi) is 9.78. The molecular weight excluding hydrogens is 541 g/mol. The number of alkyl halides is 3. The summed E-state index contributed by atoms with van der Waals surface area (Å²) in [6.45, 7) is 8.06. The number of thiol groups is 1. The third kappa shape index (κ3) is 8.37. The second-order valence-electron chi connectivity index (χ2n) is 10.4. The minimum absolute atomic E-state index is 0.00591. The lowest BCUT2D eigenvalue weighted by Crippen LogP contribution is -2.38. The van der Waals surface area contributed by atoms with Crippen LogP contribution in [-0.2, 0) is 6.42 Å². The Morgan fingerprint density at radius 3 is 2.35 bits per heavy atom. The van der Waals surface area contributed by atoms with Gasteiger partial charge >= 0.3 is 6.18 Å².